The molecule has 0 spiro atoms. The van der Waals surface area contributed by atoms with Gasteiger partial charge in [0, 0.05) is 6.20 Å². The van der Waals surface area contributed by atoms with E-state index in [-0.39, 0.29) is 37.1 Å². The third-order valence-corrected chi connectivity index (χ3v) is 2.76. The first-order valence-electron chi connectivity index (χ1n) is 6.12. The van der Waals surface area contributed by atoms with Crippen molar-refractivity contribution in [1.29, 1.82) is 0 Å². The highest BCUT2D eigenvalue weighted by atomic mass is 31.2. The first-order valence-corrected chi connectivity index (χ1v) is 7.92. The summed E-state index contributed by atoms with van der Waals surface area (Å²) >= 11 is 0. The number of hydrogen-bond acceptors (Lipinski definition) is 9. The summed E-state index contributed by atoms with van der Waals surface area (Å²) in [5.74, 6) is 0.237. The maximum absolute atomic E-state index is 10.6. The average molecular weight is 344 g/mol. The van der Waals surface area contributed by atoms with E-state index in [1.165, 1.54) is 0 Å². The van der Waals surface area contributed by atoms with Gasteiger partial charge in [-0.25, -0.2) is 0 Å². The average Bonchev–Trinajstić information content (AvgIpc) is 2.46. The van der Waals surface area contributed by atoms with Crippen molar-refractivity contribution in [3.05, 3.63) is 24.4 Å². The van der Waals surface area contributed by atoms with Crippen molar-refractivity contribution in [1.82, 2.24) is 26.1 Å². The number of nitrogen functional groups attached to an aromatic ring is 1. The first-order chi connectivity index (χ1) is 10.4. The van der Waals surface area contributed by atoms with Crippen LogP contribution in [0.5, 0.6) is 6.01 Å². The molecule has 0 aliphatic heterocycles. The molecule has 0 saturated carbocycles. The Morgan fingerprint density at radius 1 is 1.17 bits per heavy atom. The predicted molar refractivity (Wildman–Crippen MR) is 80.9 cm³/mol. The fraction of sp³-hybridized carbons (Fsp3) is 0.273. The Morgan fingerprint density at radius 2 is 1.96 bits per heavy atom. The standard InChI is InChI=1S/C11H14N5O5P.H3N/c12-10-14-9(8-3-1-2-4-13-8)15-11(16-10)21-6-5-20-7-22(17,18)19;/h1-4H,5-7H2,(H2,17,18,19)(H2,12,14,15,16);1H3. The molecular formula is C11H17N6O5P. The molecule has 12 heteroatoms. The zero-order valence-corrected chi connectivity index (χ0v) is 13.0. The van der Waals surface area contributed by atoms with Crippen LogP contribution in [0, 0.1) is 0 Å². The summed E-state index contributed by atoms with van der Waals surface area (Å²) in [6.45, 7) is -0.0271. The van der Waals surface area contributed by atoms with Crippen LogP contribution < -0.4 is 16.6 Å². The number of nitrogens with two attached hydrogens (primary N) is 1. The second kappa shape index (κ2) is 8.46. The van der Waals surface area contributed by atoms with Gasteiger partial charge in [-0.2, -0.15) is 15.0 Å². The summed E-state index contributed by atoms with van der Waals surface area (Å²) < 4.78 is 20.6. The van der Waals surface area contributed by atoms with E-state index in [0.29, 0.717) is 5.69 Å². The Kier molecular flexibility index (Phi) is 6.94. The summed E-state index contributed by atoms with van der Waals surface area (Å²) in [5, 5.41) is 0. The summed E-state index contributed by atoms with van der Waals surface area (Å²) in [6, 6.07) is 5.22. The fourth-order valence-electron chi connectivity index (χ4n) is 1.42. The van der Waals surface area contributed by atoms with Gasteiger partial charge in [0.1, 0.15) is 18.6 Å². The predicted octanol–water partition coefficient (Wildman–Crippen LogP) is 0.208. The van der Waals surface area contributed by atoms with E-state index >= 15 is 0 Å². The van der Waals surface area contributed by atoms with Crippen LogP contribution in [-0.2, 0) is 9.30 Å². The molecule has 2 rings (SSSR count). The van der Waals surface area contributed by atoms with E-state index in [1.807, 2.05) is 0 Å². The summed E-state index contributed by atoms with van der Waals surface area (Å²) in [5.41, 5.74) is 6.09. The van der Waals surface area contributed by atoms with Crippen LogP contribution in [0.4, 0.5) is 5.95 Å². The van der Waals surface area contributed by atoms with Crippen molar-refractivity contribution in [3.63, 3.8) is 0 Å². The number of nitrogens with zero attached hydrogens (tertiary/aromatic N) is 4. The van der Waals surface area contributed by atoms with Crippen LogP contribution in [-0.4, -0.2) is 49.3 Å². The molecule has 0 amide bonds. The van der Waals surface area contributed by atoms with Crippen molar-refractivity contribution in [2.45, 2.75) is 0 Å². The summed E-state index contributed by atoms with van der Waals surface area (Å²) in [4.78, 5) is 33.2. The zero-order valence-electron chi connectivity index (χ0n) is 12.1. The Labute approximate surface area is 131 Å². The minimum atomic E-state index is -4.18. The largest absolute Gasteiger partial charge is 0.461 e. The normalized spacial score (nSPS) is 10.9. The van der Waals surface area contributed by atoms with Gasteiger partial charge in [-0.15, -0.1) is 0 Å². The molecule has 0 bridgehead atoms. The molecule has 2 heterocycles. The van der Waals surface area contributed by atoms with Crippen molar-refractivity contribution in [2.75, 3.05) is 25.3 Å². The van der Waals surface area contributed by atoms with Gasteiger partial charge in [0.25, 0.3) is 0 Å². The molecule has 2 aromatic rings. The summed E-state index contributed by atoms with van der Waals surface area (Å²) in [7, 11) is -4.18. The Morgan fingerprint density at radius 3 is 2.61 bits per heavy atom. The van der Waals surface area contributed by atoms with Gasteiger partial charge in [-0.05, 0) is 12.1 Å². The van der Waals surface area contributed by atoms with Gasteiger partial charge >= 0.3 is 13.6 Å². The third kappa shape index (κ3) is 6.63. The van der Waals surface area contributed by atoms with E-state index in [2.05, 4.69) is 19.9 Å². The van der Waals surface area contributed by atoms with Crippen molar-refractivity contribution in [2.24, 2.45) is 0 Å². The van der Waals surface area contributed by atoms with E-state index in [0.717, 1.165) is 0 Å². The van der Waals surface area contributed by atoms with E-state index in [4.69, 9.17) is 25.0 Å². The maximum atomic E-state index is 10.6. The molecule has 0 aliphatic rings. The van der Waals surface area contributed by atoms with E-state index in [9.17, 15) is 4.57 Å². The Hall–Kier alpha value is -2.17. The number of ether oxygens (including phenoxy) is 2. The maximum Gasteiger partial charge on any atom is 0.350 e. The van der Waals surface area contributed by atoms with Crippen LogP contribution in [0.25, 0.3) is 11.5 Å². The van der Waals surface area contributed by atoms with Gasteiger partial charge in [-0.1, -0.05) is 6.07 Å². The molecule has 0 aliphatic carbocycles. The second-order valence-electron chi connectivity index (χ2n) is 4.07. The molecule has 7 N–H and O–H groups in total. The highest BCUT2D eigenvalue weighted by Crippen LogP contribution is 2.33. The number of rotatable bonds is 7. The molecule has 0 saturated heterocycles. The van der Waals surface area contributed by atoms with Crippen LogP contribution in [0.1, 0.15) is 0 Å². The molecule has 11 nitrogen and oxygen atoms in total. The topological polar surface area (TPSA) is 189 Å². The molecule has 0 atom stereocenters. The highest BCUT2D eigenvalue weighted by Gasteiger charge is 2.12. The smallest absolute Gasteiger partial charge is 0.350 e. The van der Waals surface area contributed by atoms with Crippen molar-refractivity contribution >= 4 is 13.5 Å². The van der Waals surface area contributed by atoms with Crippen LogP contribution >= 0.6 is 7.60 Å². The van der Waals surface area contributed by atoms with Gasteiger partial charge in [0.05, 0.1) is 6.61 Å². The highest BCUT2D eigenvalue weighted by molar-refractivity contribution is 7.51. The monoisotopic (exact) mass is 344 g/mol. The molecule has 0 fully saturated rings. The quantitative estimate of drug-likeness (QED) is 0.396. The van der Waals surface area contributed by atoms with Gasteiger partial charge in [0.15, 0.2) is 5.82 Å². The minimum Gasteiger partial charge on any atom is -0.461 e. The number of anilines is 1. The second-order valence-corrected chi connectivity index (χ2v) is 5.65. The molecule has 0 radical (unpaired) electrons. The van der Waals surface area contributed by atoms with Gasteiger partial charge in [0.2, 0.25) is 5.95 Å². The van der Waals surface area contributed by atoms with Gasteiger partial charge in [-0.3, -0.25) is 9.55 Å². The lowest BCUT2D eigenvalue weighted by atomic mass is 10.3. The molecule has 2 aromatic heterocycles. The number of pyridine rings is 1. The fourth-order valence-corrected chi connectivity index (χ4v) is 1.79. The van der Waals surface area contributed by atoms with Crippen molar-refractivity contribution in [3.8, 4) is 17.5 Å². The lowest BCUT2D eigenvalue weighted by Crippen LogP contribution is -2.11. The lowest BCUT2D eigenvalue weighted by molar-refractivity contribution is 0.115. The molecule has 0 aromatic carbocycles. The lowest BCUT2D eigenvalue weighted by Gasteiger charge is -2.08. The molecule has 126 valence electrons. The number of hydrogen-bond donors (Lipinski definition) is 4. The molecule has 23 heavy (non-hydrogen) atoms. The van der Waals surface area contributed by atoms with Crippen LogP contribution in [0.15, 0.2) is 24.4 Å². The first kappa shape index (κ1) is 18.9. The van der Waals surface area contributed by atoms with E-state index < -0.39 is 13.9 Å². The minimum absolute atomic E-state index is 0. The van der Waals surface area contributed by atoms with E-state index in [1.54, 1.807) is 24.4 Å². The van der Waals surface area contributed by atoms with Crippen LogP contribution in [0.3, 0.4) is 0 Å². The number of aromatic nitrogens is 4. The van der Waals surface area contributed by atoms with Crippen LogP contribution in [0.2, 0.25) is 0 Å². The Balaban J connectivity index is 0.00000264. The molecular weight excluding hydrogens is 327 g/mol. The summed E-state index contributed by atoms with van der Waals surface area (Å²) in [6.07, 6.45) is 0.917. The van der Waals surface area contributed by atoms with Gasteiger partial charge < -0.3 is 31.1 Å². The molecule has 0 unspecified atom stereocenters. The van der Waals surface area contributed by atoms with Crippen molar-refractivity contribution < 1.29 is 23.8 Å². The Bertz CT molecular complexity index is 667. The third-order valence-electron chi connectivity index (χ3n) is 2.24. The SMILES string of the molecule is N.Nc1nc(OCCOCP(=O)(O)O)nc(-c2ccccn2)n1. The zero-order chi connectivity index (χ0) is 16.0.